The van der Waals surface area contributed by atoms with Gasteiger partial charge in [-0.05, 0) is 55.3 Å². The van der Waals surface area contributed by atoms with Crippen molar-refractivity contribution in [3.63, 3.8) is 0 Å². The SMILES string of the molecule is Cc1cc(C)cc(NC(=O)COc2ccc(C(=O)C(C)C)cc2N)c1. The molecule has 2 aromatic carbocycles. The molecule has 0 spiro atoms. The minimum atomic E-state index is -0.272. The second-order valence-corrected chi connectivity index (χ2v) is 6.48. The van der Waals surface area contributed by atoms with Crippen molar-refractivity contribution in [2.24, 2.45) is 5.92 Å². The van der Waals surface area contributed by atoms with Crippen molar-refractivity contribution in [3.8, 4) is 5.75 Å². The summed E-state index contributed by atoms with van der Waals surface area (Å²) in [4.78, 5) is 24.0. The van der Waals surface area contributed by atoms with Crippen LogP contribution in [-0.4, -0.2) is 18.3 Å². The van der Waals surface area contributed by atoms with E-state index in [-0.39, 0.29) is 24.2 Å². The van der Waals surface area contributed by atoms with Gasteiger partial charge in [-0.1, -0.05) is 19.9 Å². The first kappa shape index (κ1) is 18.5. The molecular formula is C20H24N2O3. The molecule has 0 heterocycles. The number of benzene rings is 2. The van der Waals surface area contributed by atoms with E-state index >= 15 is 0 Å². The van der Waals surface area contributed by atoms with Crippen LogP contribution in [0.25, 0.3) is 0 Å². The summed E-state index contributed by atoms with van der Waals surface area (Å²) in [7, 11) is 0. The first-order valence-corrected chi connectivity index (χ1v) is 8.21. The Morgan fingerprint density at radius 3 is 2.28 bits per heavy atom. The molecule has 5 heteroatoms. The predicted octanol–water partition coefficient (Wildman–Crippen LogP) is 3.74. The number of nitrogen functional groups attached to an aromatic ring is 1. The zero-order valence-corrected chi connectivity index (χ0v) is 15.1. The maximum Gasteiger partial charge on any atom is 0.262 e. The van der Waals surface area contributed by atoms with Crippen molar-refractivity contribution >= 4 is 23.1 Å². The summed E-state index contributed by atoms with van der Waals surface area (Å²) in [5, 5.41) is 2.80. The Hall–Kier alpha value is -2.82. The van der Waals surface area contributed by atoms with Gasteiger partial charge in [-0.3, -0.25) is 9.59 Å². The summed E-state index contributed by atoms with van der Waals surface area (Å²) in [6.07, 6.45) is 0. The molecule has 132 valence electrons. The average molecular weight is 340 g/mol. The molecule has 3 N–H and O–H groups in total. The highest BCUT2D eigenvalue weighted by Crippen LogP contribution is 2.24. The van der Waals surface area contributed by atoms with E-state index in [1.807, 2.05) is 45.9 Å². The molecule has 0 fully saturated rings. The lowest BCUT2D eigenvalue weighted by molar-refractivity contribution is -0.118. The largest absolute Gasteiger partial charge is 0.482 e. The Morgan fingerprint density at radius 2 is 1.72 bits per heavy atom. The van der Waals surface area contributed by atoms with E-state index < -0.39 is 0 Å². The molecule has 0 atom stereocenters. The number of amides is 1. The number of ketones is 1. The van der Waals surface area contributed by atoms with Crippen LogP contribution < -0.4 is 15.8 Å². The second kappa shape index (κ2) is 7.83. The minimum absolute atomic E-state index is 0.0193. The van der Waals surface area contributed by atoms with Gasteiger partial charge in [0.05, 0.1) is 5.69 Å². The fraction of sp³-hybridized carbons (Fsp3) is 0.300. The molecule has 0 unspecified atom stereocenters. The molecule has 2 rings (SSSR count). The van der Waals surface area contributed by atoms with Gasteiger partial charge in [0.25, 0.3) is 5.91 Å². The molecule has 2 aromatic rings. The summed E-state index contributed by atoms with van der Waals surface area (Å²) < 4.78 is 5.48. The smallest absolute Gasteiger partial charge is 0.262 e. The van der Waals surface area contributed by atoms with Crippen LogP contribution >= 0.6 is 0 Å². The number of anilines is 2. The third kappa shape index (κ3) is 5.08. The number of rotatable bonds is 6. The van der Waals surface area contributed by atoms with Crippen molar-refractivity contribution in [1.82, 2.24) is 0 Å². The summed E-state index contributed by atoms with van der Waals surface area (Å²) in [6, 6.07) is 10.7. The monoisotopic (exact) mass is 340 g/mol. The first-order valence-electron chi connectivity index (χ1n) is 8.21. The van der Waals surface area contributed by atoms with Gasteiger partial charge in [0, 0.05) is 17.2 Å². The number of ether oxygens (including phenoxy) is 1. The molecule has 5 nitrogen and oxygen atoms in total. The number of Topliss-reactive ketones (excluding diaryl/α,β-unsaturated/α-hetero) is 1. The van der Waals surface area contributed by atoms with E-state index in [1.165, 1.54) is 0 Å². The van der Waals surface area contributed by atoms with Gasteiger partial charge in [-0.25, -0.2) is 0 Å². The Morgan fingerprint density at radius 1 is 1.08 bits per heavy atom. The lowest BCUT2D eigenvalue weighted by Gasteiger charge is -2.12. The van der Waals surface area contributed by atoms with Crippen LogP contribution in [0.5, 0.6) is 5.75 Å². The zero-order chi connectivity index (χ0) is 18.6. The Labute approximate surface area is 148 Å². The predicted molar refractivity (Wildman–Crippen MR) is 100 cm³/mol. The molecule has 0 radical (unpaired) electrons. The molecule has 0 saturated heterocycles. The van der Waals surface area contributed by atoms with E-state index in [0.717, 1.165) is 16.8 Å². The number of aryl methyl sites for hydroxylation is 2. The molecule has 25 heavy (non-hydrogen) atoms. The first-order chi connectivity index (χ1) is 11.8. The minimum Gasteiger partial charge on any atom is -0.482 e. The molecule has 0 aliphatic heterocycles. The third-order valence-electron chi connectivity index (χ3n) is 3.68. The highest BCUT2D eigenvalue weighted by atomic mass is 16.5. The highest BCUT2D eigenvalue weighted by Gasteiger charge is 2.13. The van der Waals surface area contributed by atoms with Crippen LogP contribution in [0.15, 0.2) is 36.4 Å². The van der Waals surface area contributed by atoms with Crippen LogP contribution in [0.4, 0.5) is 11.4 Å². The van der Waals surface area contributed by atoms with E-state index in [4.69, 9.17) is 10.5 Å². The average Bonchev–Trinajstić information content (AvgIpc) is 2.51. The van der Waals surface area contributed by atoms with E-state index in [2.05, 4.69) is 5.32 Å². The van der Waals surface area contributed by atoms with E-state index in [9.17, 15) is 9.59 Å². The maximum absolute atomic E-state index is 12.1. The summed E-state index contributed by atoms with van der Waals surface area (Å²) in [5.74, 6) is 0.0307. The van der Waals surface area contributed by atoms with Crippen molar-refractivity contribution in [3.05, 3.63) is 53.1 Å². The lowest BCUT2D eigenvalue weighted by atomic mass is 10.0. The summed E-state index contributed by atoms with van der Waals surface area (Å²) >= 11 is 0. The number of hydrogen-bond donors (Lipinski definition) is 2. The van der Waals surface area contributed by atoms with Gasteiger partial charge in [-0.15, -0.1) is 0 Å². The van der Waals surface area contributed by atoms with Gasteiger partial charge in [-0.2, -0.15) is 0 Å². The van der Waals surface area contributed by atoms with Gasteiger partial charge < -0.3 is 15.8 Å². The van der Waals surface area contributed by atoms with Crippen molar-refractivity contribution < 1.29 is 14.3 Å². The van der Waals surface area contributed by atoms with Crippen LogP contribution in [0.2, 0.25) is 0 Å². The van der Waals surface area contributed by atoms with Crippen LogP contribution in [0.3, 0.4) is 0 Å². The Bertz CT molecular complexity index is 777. The Balaban J connectivity index is 1.98. The van der Waals surface area contributed by atoms with Crippen molar-refractivity contribution in [2.45, 2.75) is 27.7 Å². The van der Waals surface area contributed by atoms with Crippen molar-refractivity contribution in [2.75, 3.05) is 17.7 Å². The molecule has 0 saturated carbocycles. The second-order valence-electron chi connectivity index (χ2n) is 6.48. The number of nitrogens with one attached hydrogen (secondary N) is 1. The Kier molecular flexibility index (Phi) is 5.80. The highest BCUT2D eigenvalue weighted by molar-refractivity contribution is 5.98. The van der Waals surface area contributed by atoms with Gasteiger partial charge in [0.2, 0.25) is 0 Å². The number of carbonyl (C=O) groups is 2. The van der Waals surface area contributed by atoms with E-state index in [1.54, 1.807) is 18.2 Å². The van der Waals surface area contributed by atoms with Crippen LogP contribution in [0, 0.1) is 19.8 Å². The molecule has 0 bridgehead atoms. The van der Waals surface area contributed by atoms with Crippen molar-refractivity contribution in [1.29, 1.82) is 0 Å². The molecule has 0 aliphatic carbocycles. The van der Waals surface area contributed by atoms with Crippen LogP contribution in [-0.2, 0) is 4.79 Å². The van der Waals surface area contributed by atoms with Gasteiger partial charge >= 0.3 is 0 Å². The molecule has 0 aromatic heterocycles. The summed E-state index contributed by atoms with van der Waals surface area (Å²) in [5.41, 5.74) is 9.69. The van der Waals surface area contributed by atoms with Gasteiger partial charge in [0.1, 0.15) is 5.75 Å². The van der Waals surface area contributed by atoms with Crippen LogP contribution in [0.1, 0.15) is 35.3 Å². The molecule has 0 aliphatic rings. The van der Waals surface area contributed by atoms with E-state index in [0.29, 0.717) is 17.0 Å². The molecule has 1 amide bonds. The quantitative estimate of drug-likeness (QED) is 0.620. The number of carbonyl (C=O) groups excluding carboxylic acids is 2. The number of nitrogens with two attached hydrogens (primary N) is 1. The molecular weight excluding hydrogens is 316 g/mol. The van der Waals surface area contributed by atoms with Gasteiger partial charge in [0.15, 0.2) is 12.4 Å². The summed E-state index contributed by atoms with van der Waals surface area (Å²) in [6.45, 7) is 7.45. The standard InChI is InChI=1S/C20H24N2O3/c1-12(2)20(24)15-5-6-18(17(21)10-15)25-11-19(23)22-16-8-13(3)7-14(4)9-16/h5-10,12H,11,21H2,1-4H3,(H,22,23). The topological polar surface area (TPSA) is 81.4 Å². The number of hydrogen-bond acceptors (Lipinski definition) is 4. The normalized spacial score (nSPS) is 10.6. The maximum atomic E-state index is 12.1. The zero-order valence-electron chi connectivity index (χ0n) is 15.1. The fourth-order valence-electron chi connectivity index (χ4n) is 2.55. The lowest BCUT2D eigenvalue weighted by Crippen LogP contribution is -2.20. The fourth-order valence-corrected chi connectivity index (χ4v) is 2.55. The third-order valence-corrected chi connectivity index (χ3v) is 3.68.